The first kappa shape index (κ1) is 27.3. The number of alkyl carbamates (subject to hydrolysis) is 1. The van der Waals surface area contributed by atoms with Gasteiger partial charge in [0.2, 0.25) is 17.7 Å². The number of hydrogen-bond donors (Lipinski definition) is 2. The molecule has 2 N–H and O–H groups in total. The molecule has 10 nitrogen and oxygen atoms in total. The van der Waals surface area contributed by atoms with Crippen molar-refractivity contribution in [3.05, 3.63) is 23.8 Å². The van der Waals surface area contributed by atoms with Gasteiger partial charge >= 0.3 is 6.09 Å². The number of amides is 4. The molecule has 36 heavy (non-hydrogen) atoms. The quantitative estimate of drug-likeness (QED) is 0.413. The van der Waals surface area contributed by atoms with Crippen LogP contribution in [0.3, 0.4) is 0 Å². The van der Waals surface area contributed by atoms with Gasteiger partial charge in [-0.05, 0) is 64.7 Å². The summed E-state index contributed by atoms with van der Waals surface area (Å²) in [5.41, 5.74) is 0.139. The number of piperidine rings is 2. The van der Waals surface area contributed by atoms with E-state index >= 15 is 0 Å². The fourth-order valence-corrected chi connectivity index (χ4v) is 4.38. The summed E-state index contributed by atoms with van der Waals surface area (Å²) in [6.45, 7) is 7.00. The van der Waals surface area contributed by atoms with Gasteiger partial charge in [-0.3, -0.25) is 19.7 Å². The molecule has 10 heteroatoms. The summed E-state index contributed by atoms with van der Waals surface area (Å²) in [6, 6.07) is 5.28. The Labute approximate surface area is 212 Å². The van der Waals surface area contributed by atoms with Crippen LogP contribution in [-0.4, -0.2) is 67.2 Å². The monoisotopic (exact) mass is 503 g/mol. The maximum absolute atomic E-state index is 12.6. The lowest BCUT2D eigenvalue weighted by molar-refractivity contribution is -0.134. The van der Waals surface area contributed by atoms with E-state index < -0.39 is 17.6 Å². The number of rotatable bonds is 8. The number of carbonyl (C=O) groups excluding carboxylic acids is 4. The Morgan fingerprint density at radius 3 is 2.50 bits per heavy atom. The summed E-state index contributed by atoms with van der Waals surface area (Å²) in [4.78, 5) is 50.1. The summed E-state index contributed by atoms with van der Waals surface area (Å²) in [7, 11) is 1.53. The van der Waals surface area contributed by atoms with Gasteiger partial charge < -0.3 is 24.4 Å². The zero-order valence-electron chi connectivity index (χ0n) is 21.6. The summed E-state index contributed by atoms with van der Waals surface area (Å²) < 4.78 is 16.5. The number of nitrogens with zero attached hydrogens (tertiary/aromatic N) is 1. The molecule has 2 fully saturated rings. The standard InChI is InChI=1S/C26H37N3O7/c1-26(2,3)36-25(33)27-17-11-13-29(14-12-17)23(31)6-5-15-35-18-7-9-21(34-4)20(16-18)19-8-10-22(30)28-24(19)32/h7,9,16-17,19H,5-6,8,10-15H2,1-4H3,(H,27,33)(H,28,30,32). The Kier molecular flexibility index (Phi) is 9.17. The Morgan fingerprint density at radius 1 is 1.14 bits per heavy atom. The molecule has 0 aliphatic carbocycles. The van der Waals surface area contributed by atoms with Crippen LogP contribution in [0.5, 0.6) is 11.5 Å². The van der Waals surface area contributed by atoms with Gasteiger partial charge in [-0.1, -0.05) is 0 Å². The Balaban J connectivity index is 1.42. The van der Waals surface area contributed by atoms with Crippen LogP contribution < -0.4 is 20.1 Å². The number of benzene rings is 1. The molecular weight excluding hydrogens is 466 g/mol. The van der Waals surface area contributed by atoms with Gasteiger partial charge in [-0.15, -0.1) is 0 Å². The lowest BCUT2D eigenvalue weighted by Gasteiger charge is -2.33. The minimum Gasteiger partial charge on any atom is -0.496 e. The molecule has 3 rings (SSSR count). The van der Waals surface area contributed by atoms with Crippen LogP contribution in [0, 0.1) is 0 Å². The zero-order chi connectivity index (χ0) is 26.3. The number of likely N-dealkylation sites (tertiary alicyclic amines) is 1. The van der Waals surface area contributed by atoms with Crippen LogP contribution >= 0.6 is 0 Å². The number of imide groups is 1. The number of hydrogen-bond acceptors (Lipinski definition) is 7. The van der Waals surface area contributed by atoms with Gasteiger partial charge in [-0.25, -0.2) is 4.79 Å². The zero-order valence-corrected chi connectivity index (χ0v) is 21.6. The van der Waals surface area contributed by atoms with Crippen LogP contribution in [0.2, 0.25) is 0 Å². The third-order valence-electron chi connectivity index (χ3n) is 6.19. The minimum absolute atomic E-state index is 0.000803. The first-order valence-electron chi connectivity index (χ1n) is 12.5. The van der Waals surface area contributed by atoms with E-state index in [4.69, 9.17) is 14.2 Å². The SMILES string of the molecule is COc1ccc(OCCCC(=O)N2CCC(NC(=O)OC(C)(C)C)CC2)cc1C1CCC(=O)NC1=O. The van der Waals surface area contributed by atoms with E-state index in [1.54, 1.807) is 18.2 Å². The van der Waals surface area contributed by atoms with Crippen molar-refractivity contribution in [3.8, 4) is 11.5 Å². The summed E-state index contributed by atoms with van der Waals surface area (Å²) >= 11 is 0. The van der Waals surface area contributed by atoms with E-state index in [2.05, 4.69) is 10.6 Å². The van der Waals surface area contributed by atoms with E-state index in [1.165, 1.54) is 7.11 Å². The second-order valence-electron chi connectivity index (χ2n) is 10.2. The second-order valence-corrected chi connectivity index (χ2v) is 10.2. The topological polar surface area (TPSA) is 123 Å². The van der Waals surface area contributed by atoms with Crippen LogP contribution in [0.4, 0.5) is 4.79 Å². The van der Waals surface area contributed by atoms with E-state index in [0.29, 0.717) is 68.9 Å². The van der Waals surface area contributed by atoms with Gasteiger partial charge in [0.05, 0.1) is 19.6 Å². The van der Waals surface area contributed by atoms with E-state index in [-0.39, 0.29) is 30.2 Å². The van der Waals surface area contributed by atoms with Gasteiger partial charge in [0.1, 0.15) is 17.1 Å². The minimum atomic E-state index is -0.541. The van der Waals surface area contributed by atoms with Crippen molar-refractivity contribution < 1.29 is 33.4 Å². The fourth-order valence-electron chi connectivity index (χ4n) is 4.38. The van der Waals surface area contributed by atoms with Crippen molar-refractivity contribution in [3.63, 3.8) is 0 Å². The van der Waals surface area contributed by atoms with Crippen LogP contribution in [0.25, 0.3) is 0 Å². The van der Waals surface area contributed by atoms with Crippen molar-refractivity contribution in [2.75, 3.05) is 26.8 Å². The Hall–Kier alpha value is -3.30. The molecule has 198 valence electrons. The van der Waals surface area contributed by atoms with Crippen molar-refractivity contribution in [1.82, 2.24) is 15.5 Å². The first-order chi connectivity index (χ1) is 17.1. The van der Waals surface area contributed by atoms with Crippen LogP contribution in [0.1, 0.15) is 70.8 Å². The molecule has 0 aromatic heterocycles. The van der Waals surface area contributed by atoms with E-state index in [0.717, 1.165) is 0 Å². The number of ether oxygens (including phenoxy) is 3. The largest absolute Gasteiger partial charge is 0.496 e. The average Bonchev–Trinajstić information content (AvgIpc) is 2.81. The maximum Gasteiger partial charge on any atom is 0.407 e. The smallest absolute Gasteiger partial charge is 0.407 e. The lowest BCUT2D eigenvalue weighted by atomic mass is 9.89. The Morgan fingerprint density at radius 2 is 1.86 bits per heavy atom. The third kappa shape index (κ3) is 7.86. The number of carbonyl (C=O) groups is 4. The molecule has 1 aromatic rings. The Bertz CT molecular complexity index is 965. The molecular formula is C26H37N3O7. The molecule has 0 spiro atoms. The van der Waals surface area contributed by atoms with E-state index in [9.17, 15) is 19.2 Å². The number of methoxy groups -OCH3 is 1. The summed E-state index contributed by atoms with van der Waals surface area (Å²) in [5.74, 6) is 0.130. The molecule has 0 bridgehead atoms. The molecule has 2 saturated heterocycles. The molecule has 0 saturated carbocycles. The van der Waals surface area contributed by atoms with Crippen molar-refractivity contribution in [1.29, 1.82) is 0 Å². The molecule has 0 radical (unpaired) electrons. The summed E-state index contributed by atoms with van der Waals surface area (Å²) in [6.07, 6.45) is 2.56. The highest BCUT2D eigenvalue weighted by Gasteiger charge is 2.30. The predicted octanol–water partition coefficient (Wildman–Crippen LogP) is 2.89. The third-order valence-corrected chi connectivity index (χ3v) is 6.19. The van der Waals surface area contributed by atoms with Gasteiger partial charge in [0.15, 0.2) is 0 Å². The molecule has 4 amide bonds. The highest BCUT2D eigenvalue weighted by molar-refractivity contribution is 6.01. The molecule has 1 aromatic carbocycles. The highest BCUT2D eigenvalue weighted by Crippen LogP contribution is 2.34. The normalized spacial score (nSPS) is 18.9. The fraction of sp³-hybridized carbons (Fsp3) is 0.615. The van der Waals surface area contributed by atoms with Crippen LogP contribution in [0.15, 0.2) is 18.2 Å². The molecule has 2 aliphatic rings. The molecule has 1 atom stereocenters. The summed E-state index contributed by atoms with van der Waals surface area (Å²) in [5, 5.41) is 5.25. The average molecular weight is 504 g/mol. The highest BCUT2D eigenvalue weighted by atomic mass is 16.6. The van der Waals surface area contributed by atoms with Crippen LogP contribution in [-0.2, 0) is 19.1 Å². The second kappa shape index (κ2) is 12.1. The molecule has 1 unspecified atom stereocenters. The van der Waals surface area contributed by atoms with Crippen molar-refractivity contribution in [2.45, 2.75) is 76.9 Å². The van der Waals surface area contributed by atoms with Gasteiger partial charge in [-0.2, -0.15) is 0 Å². The lowest BCUT2D eigenvalue weighted by Crippen LogP contribution is -2.47. The van der Waals surface area contributed by atoms with Crippen molar-refractivity contribution in [2.24, 2.45) is 0 Å². The maximum atomic E-state index is 12.6. The van der Waals surface area contributed by atoms with Crippen molar-refractivity contribution >= 4 is 23.8 Å². The van der Waals surface area contributed by atoms with Gasteiger partial charge in [0, 0.05) is 37.5 Å². The van der Waals surface area contributed by atoms with E-state index in [1.807, 2.05) is 25.7 Å². The number of nitrogens with one attached hydrogen (secondary N) is 2. The molecule has 2 heterocycles. The predicted molar refractivity (Wildman–Crippen MR) is 132 cm³/mol. The van der Waals surface area contributed by atoms with Gasteiger partial charge in [0.25, 0.3) is 0 Å². The first-order valence-corrected chi connectivity index (χ1v) is 12.5. The molecule has 2 aliphatic heterocycles.